The number of hydrogen-bond donors (Lipinski definition) is 0. The molecule has 4 heterocycles. The van der Waals surface area contributed by atoms with Crippen LogP contribution in [0.3, 0.4) is 0 Å². The lowest BCUT2D eigenvalue weighted by Gasteiger charge is -2.38. The molecule has 3 saturated heterocycles. The van der Waals surface area contributed by atoms with Gasteiger partial charge in [0.05, 0.1) is 5.69 Å². The van der Waals surface area contributed by atoms with Crippen molar-refractivity contribution in [2.24, 2.45) is 0 Å². The smallest absolute Gasteiger partial charge is 0.304 e. The first-order valence-corrected chi connectivity index (χ1v) is 10.5. The number of aryl methyl sites for hydroxylation is 1. The Hall–Kier alpha value is -1.51. The molecule has 0 radical (unpaired) electrons. The average molecular weight is 378 g/mol. The van der Waals surface area contributed by atoms with E-state index in [-0.39, 0.29) is 11.7 Å². The zero-order chi connectivity index (χ0) is 18.1. The highest BCUT2D eigenvalue weighted by Gasteiger charge is 2.34. The zero-order valence-corrected chi connectivity index (χ0v) is 16.3. The van der Waals surface area contributed by atoms with Crippen molar-refractivity contribution in [2.45, 2.75) is 39.2 Å². The predicted molar refractivity (Wildman–Crippen MR) is 101 cm³/mol. The van der Waals surface area contributed by atoms with Crippen LogP contribution in [0.5, 0.6) is 0 Å². The van der Waals surface area contributed by atoms with E-state index in [1.54, 1.807) is 5.01 Å². The van der Waals surface area contributed by atoms with Crippen molar-refractivity contribution in [1.29, 1.82) is 0 Å². The van der Waals surface area contributed by atoms with Gasteiger partial charge in [-0.05, 0) is 26.2 Å². The lowest BCUT2D eigenvalue weighted by atomic mass is 10.1. The van der Waals surface area contributed by atoms with Crippen LogP contribution >= 0.6 is 11.3 Å². The van der Waals surface area contributed by atoms with E-state index in [1.807, 2.05) is 16.3 Å². The number of carbonyl (C=O) groups excluding carboxylic acids is 2. The maximum atomic E-state index is 11.9. The minimum absolute atomic E-state index is 0.252. The Kier molecular flexibility index (Phi) is 5.24. The van der Waals surface area contributed by atoms with Gasteiger partial charge in [0.1, 0.15) is 0 Å². The highest BCUT2D eigenvalue weighted by molar-refractivity contribution is 7.15. The molecule has 0 aromatic carbocycles. The van der Waals surface area contributed by atoms with Crippen LogP contribution in [0.2, 0.25) is 0 Å². The van der Waals surface area contributed by atoms with Gasteiger partial charge in [0.25, 0.3) is 0 Å². The van der Waals surface area contributed by atoms with E-state index in [4.69, 9.17) is 4.98 Å². The summed E-state index contributed by atoms with van der Waals surface area (Å²) in [6, 6.07) is 0. The number of hydrogen-bond acceptors (Lipinski definition) is 7. The van der Waals surface area contributed by atoms with E-state index in [1.165, 1.54) is 29.3 Å². The first-order valence-electron chi connectivity index (χ1n) is 9.65. The van der Waals surface area contributed by atoms with Gasteiger partial charge >= 0.3 is 5.91 Å². The number of piperazine rings is 1. The molecule has 0 N–H and O–H groups in total. The minimum atomic E-state index is -0.331. The standard InChI is InChI=1S/C18H27N5O2S/c1-14-16(26-18(19-14)21-6-3-2-4-7-21)13-20-9-11-22(12-10-20)23-8-5-15(24)17(23)25/h2-13H2,1H3. The minimum Gasteiger partial charge on any atom is -0.348 e. The lowest BCUT2D eigenvalue weighted by molar-refractivity contribution is -0.152. The summed E-state index contributed by atoms with van der Waals surface area (Å²) in [6.45, 7) is 9.28. The van der Waals surface area contributed by atoms with Crippen LogP contribution in [0.1, 0.15) is 36.3 Å². The number of carbonyl (C=O) groups is 2. The fraction of sp³-hybridized carbons (Fsp3) is 0.722. The Bertz CT molecular complexity index is 677. The van der Waals surface area contributed by atoms with Crippen LogP contribution < -0.4 is 4.90 Å². The Morgan fingerprint density at radius 3 is 2.35 bits per heavy atom. The van der Waals surface area contributed by atoms with Gasteiger partial charge in [-0.3, -0.25) is 19.5 Å². The quantitative estimate of drug-likeness (QED) is 0.737. The van der Waals surface area contributed by atoms with Crippen LogP contribution in [-0.4, -0.2) is 77.4 Å². The normalized spacial score (nSPS) is 23.3. The Morgan fingerprint density at radius 2 is 1.69 bits per heavy atom. The van der Waals surface area contributed by atoms with Gasteiger partial charge in [0.2, 0.25) is 5.78 Å². The van der Waals surface area contributed by atoms with Crippen LogP contribution in [0.25, 0.3) is 0 Å². The number of nitrogens with zero attached hydrogens (tertiary/aromatic N) is 5. The maximum Gasteiger partial charge on any atom is 0.304 e. The molecule has 7 nitrogen and oxygen atoms in total. The number of amides is 1. The molecule has 1 aromatic rings. The van der Waals surface area contributed by atoms with Gasteiger partial charge in [-0.2, -0.15) is 0 Å². The second-order valence-electron chi connectivity index (χ2n) is 7.38. The molecule has 142 valence electrons. The monoisotopic (exact) mass is 377 g/mol. The SMILES string of the molecule is Cc1nc(N2CCCCC2)sc1CN1CCN(N2CCC(=O)C2=O)CC1. The summed E-state index contributed by atoms with van der Waals surface area (Å²) in [6.07, 6.45) is 4.24. The fourth-order valence-corrected chi connectivity index (χ4v) is 5.10. The number of piperidine rings is 1. The summed E-state index contributed by atoms with van der Waals surface area (Å²) in [5.41, 5.74) is 1.15. The third-order valence-electron chi connectivity index (χ3n) is 5.59. The van der Waals surface area contributed by atoms with Gasteiger partial charge in [0, 0.05) is 63.7 Å². The number of aromatic nitrogens is 1. The summed E-state index contributed by atoms with van der Waals surface area (Å²) in [5.74, 6) is -0.583. The second-order valence-corrected chi connectivity index (χ2v) is 8.45. The molecule has 0 atom stereocenters. The molecule has 3 fully saturated rings. The Labute approximate surface area is 158 Å². The van der Waals surface area contributed by atoms with E-state index in [9.17, 15) is 9.59 Å². The number of thiazole rings is 1. The summed E-state index contributed by atoms with van der Waals surface area (Å²) in [7, 11) is 0. The van der Waals surface area contributed by atoms with Crippen molar-refractivity contribution in [2.75, 3.05) is 50.7 Å². The van der Waals surface area contributed by atoms with Crippen molar-refractivity contribution in [1.82, 2.24) is 19.9 Å². The third kappa shape index (κ3) is 3.63. The second kappa shape index (κ2) is 7.62. The molecule has 1 amide bonds. The number of hydrazine groups is 1. The van der Waals surface area contributed by atoms with E-state index < -0.39 is 0 Å². The van der Waals surface area contributed by atoms with Crippen molar-refractivity contribution in [3.63, 3.8) is 0 Å². The summed E-state index contributed by atoms with van der Waals surface area (Å²) < 4.78 is 0. The topological polar surface area (TPSA) is 60.0 Å². The van der Waals surface area contributed by atoms with Crippen LogP contribution in [0.4, 0.5) is 5.13 Å². The number of anilines is 1. The Morgan fingerprint density at radius 1 is 0.962 bits per heavy atom. The van der Waals surface area contributed by atoms with Crippen molar-refractivity contribution in [3.05, 3.63) is 10.6 Å². The maximum absolute atomic E-state index is 11.9. The lowest BCUT2D eigenvalue weighted by Crippen LogP contribution is -2.54. The molecule has 3 aliphatic rings. The molecule has 0 aliphatic carbocycles. The number of Topliss-reactive ketones (excluding diaryl/α,β-unsaturated/α-hetero) is 1. The number of rotatable bonds is 4. The summed E-state index contributed by atoms with van der Waals surface area (Å²) in [4.78, 5) is 34.4. The van der Waals surface area contributed by atoms with Crippen LogP contribution in [-0.2, 0) is 16.1 Å². The van der Waals surface area contributed by atoms with E-state index >= 15 is 0 Å². The number of ketones is 1. The molecule has 26 heavy (non-hydrogen) atoms. The molecule has 0 bridgehead atoms. The molecular formula is C18H27N5O2S. The molecule has 0 saturated carbocycles. The van der Waals surface area contributed by atoms with E-state index in [0.717, 1.165) is 51.5 Å². The molecular weight excluding hydrogens is 350 g/mol. The third-order valence-corrected chi connectivity index (χ3v) is 6.79. The van der Waals surface area contributed by atoms with Gasteiger partial charge in [-0.15, -0.1) is 11.3 Å². The van der Waals surface area contributed by atoms with E-state index in [2.05, 4.69) is 16.7 Å². The molecule has 3 aliphatic heterocycles. The molecule has 4 rings (SSSR count). The van der Waals surface area contributed by atoms with Gasteiger partial charge in [0.15, 0.2) is 5.13 Å². The van der Waals surface area contributed by atoms with E-state index in [0.29, 0.717) is 13.0 Å². The van der Waals surface area contributed by atoms with Crippen molar-refractivity contribution in [3.8, 4) is 0 Å². The zero-order valence-electron chi connectivity index (χ0n) is 15.4. The van der Waals surface area contributed by atoms with Crippen LogP contribution in [0.15, 0.2) is 0 Å². The first kappa shape index (κ1) is 17.9. The average Bonchev–Trinajstić information content (AvgIpc) is 3.20. The summed E-state index contributed by atoms with van der Waals surface area (Å²) in [5, 5.41) is 4.87. The highest BCUT2D eigenvalue weighted by atomic mass is 32.1. The summed E-state index contributed by atoms with van der Waals surface area (Å²) >= 11 is 1.84. The van der Waals surface area contributed by atoms with Gasteiger partial charge < -0.3 is 4.90 Å². The van der Waals surface area contributed by atoms with Crippen molar-refractivity contribution < 1.29 is 9.59 Å². The predicted octanol–water partition coefficient (Wildman–Crippen LogP) is 1.28. The fourth-order valence-electron chi connectivity index (χ4n) is 3.95. The van der Waals surface area contributed by atoms with Gasteiger partial charge in [-0.1, -0.05) is 0 Å². The highest BCUT2D eigenvalue weighted by Crippen LogP contribution is 2.29. The molecule has 0 unspecified atom stereocenters. The van der Waals surface area contributed by atoms with Crippen molar-refractivity contribution >= 4 is 28.2 Å². The molecule has 1 aromatic heterocycles. The van der Waals surface area contributed by atoms with Crippen LogP contribution in [0, 0.1) is 6.92 Å². The molecule has 0 spiro atoms. The largest absolute Gasteiger partial charge is 0.348 e. The molecule has 8 heteroatoms. The van der Waals surface area contributed by atoms with Gasteiger partial charge in [-0.25, -0.2) is 9.99 Å². The Balaban J connectivity index is 1.32. The first-order chi connectivity index (χ1) is 12.6.